The SMILES string of the molecule is COP(=O)(OC)C(c1ccc(-c2ccccc2)cc1)C(F)(F)F. The molecule has 124 valence electrons. The minimum Gasteiger partial charge on any atom is -0.311 e. The van der Waals surface area contributed by atoms with Gasteiger partial charge >= 0.3 is 13.8 Å². The Hall–Kier alpha value is -1.62. The van der Waals surface area contributed by atoms with E-state index in [-0.39, 0.29) is 5.56 Å². The van der Waals surface area contributed by atoms with Crippen LogP contribution in [-0.2, 0) is 13.6 Å². The summed E-state index contributed by atoms with van der Waals surface area (Å²) in [6.45, 7) is 0. The van der Waals surface area contributed by atoms with E-state index < -0.39 is 19.4 Å². The molecule has 2 rings (SSSR count). The van der Waals surface area contributed by atoms with Crippen molar-refractivity contribution in [3.05, 3.63) is 60.2 Å². The fourth-order valence-corrected chi connectivity index (χ4v) is 3.79. The number of rotatable bonds is 5. The Morgan fingerprint density at radius 2 is 1.35 bits per heavy atom. The van der Waals surface area contributed by atoms with Crippen LogP contribution in [0, 0.1) is 0 Å². The highest BCUT2D eigenvalue weighted by atomic mass is 31.2. The molecule has 1 atom stereocenters. The minimum atomic E-state index is -4.75. The second kappa shape index (κ2) is 6.87. The molecule has 0 N–H and O–H groups in total. The predicted molar refractivity (Wildman–Crippen MR) is 82.3 cm³/mol. The van der Waals surface area contributed by atoms with Crippen molar-refractivity contribution in [3.8, 4) is 11.1 Å². The smallest absolute Gasteiger partial charge is 0.311 e. The highest BCUT2D eigenvalue weighted by Gasteiger charge is 2.54. The Labute approximate surface area is 132 Å². The molecule has 0 aliphatic rings. The van der Waals surface area contributed by atoms with E-state index in [1.165, 1.54) is 12.1 Å². The van der Waals surface area contributed by atoms with E-state index in [4.69, 9.17) is 0 Å². The van der Waals surface area contributed by atoms with Crippen LogP contribution in [0.4, 0.5) is 13.2 Å². The molecule has 0 fully saturated rings. The molecule has 23 heavy (non-hydrogen) atoms. The molecule has 0 bridgehead atoms. The van der Waals surface area contributed by atoms with Crippen LogP contribution in [0.15, 0.2) is 54.6 Å². The van der Waals surface area contributed by atoms with E-state index in [0.717, 1.165) is 25.3 Å². The summed E-state index contributed by atoms with van der Waals surface area (Å²) in [7, 11) is -2.46. The average molecular weight is 344 g/mol. The van der Waals surface area contributed by atoms with Gasteiger partial charge in [-0.1, -0.05) is 54.6 Å². The summed E-state index contributed by atoms with van der Waals surface area (Å²) in [4.78, 5) is 0. The number of hydrogen-bond acceptors (Lipinski definition) is 3. The van der Waals surface area contributed by atoms with Crippen LogP contribution in [0.5, 0.6) is 0 Å². The molecular weight excluding hydrogens is 328 g/mol. The Morgan fingerprint density at radius 1 is 0.870 bits per heavy atom. The zero-order valence-corrected chi connectivity index (χ0v) is 13.5. The quantitative estimate of drug-likeness (QED) is 0.677. The van der Waals surface area contributed by atoms with Gasteiger partial charge in [0.05, 0.1) is 0 Å². The largest absolute Gasteiger partial charge is 0.407 e. The van der Waals surface area contributed by atoms with Gasteiger partial charge in [-0.15, -0.1) is 0 Å². The van der Waals surface area contributed by atoms with Crippen LogP contribution in [0.1, 0.15) is 11.2 Å². The topological polar surface area (TPSA) is 35.5 Å². The Kier molecular flexibility index (Phi) is 5.30. The normalized spacial score (nSPS) is 13.8. The molecule has 0 saturated heterocycles. The molecule has 0 spiro atoms. The number of hydrogen-bond donors (Lipinski definition) is 0. The molecule has 3 nitrogen and oxygen atoms in total. The summed E-state index contributed by atoms with van der Waals surface area (Å²) < 4.78 is 61.5. The van der Waals surface area contributed by atoms with E-state index in [1.54, 1.807) is 12.1 Å². The maximum atomic E-state index is 13.4. The Bertz CT molecular complexity index is 676. The van der Waals surface area contributed by atoms with Crippen LogP contribution in [0.25, 0.3) is 11.1 Å². The van der Waals surface area contributed by atoms with Gasteiger partial charge in [0.25, 0.3) is 0 Å². The first kappa shape index (κ1) is 17.7. The van der Waals surface area contributed by atoms with E-state index in [2.05, 4.69) is 9.05 Å². The summed E-state index contributed by atoms with van der Waals surface area (Å²) >= 11 is 0. The third kappa shape index (κ3) is 3.83. The lowest BCUT2D eigenvalue weighted by Crippen LogP contribution is -2.22. The second-order valence-electron chi connectivity index (χ2n) is 4.84. The number of halogens is 3. The average Bonchev–Trinajstić information content (AvgIpc) is 2.55. The van der Waals surface area contributed by atoms with Gasteiger partial charge in [-0.2, -0.15) is 13.2 Å². The van der Waals surface area contributed by atoms with Crippen LogP contribution >= 0.6 is 7.60 Å². The van der Waals surface area contributed by atoms with Crippen LogP contribution in [-0.4, -0.2) is 20.4 Å². The lowest BCUT2D eigenvalue weighted by molar-refractivity contribution is -0.136. The van der Waals surface area contributed by atoms with Gasteiger partial charge in [0.15, 0.2) is 5.66 Å². The van der Waals surface area contributed by atoms with Crippen molar-refractivity contribution >= 4 is 7.60 Å². The summed E-state index contributed by atoms with van der Waals surface area (Å²) in [6, 6.07) is 14.9. The number of alkyl halides is 3. The number of benzene rings is 2. The molecule has 0 radical (unpaired) electrons. The van der Waals surface area contributed by atoms with Crippen molar-refractivity contribution in [3.63, 3.8) is 0 Å². The van der Waals surface area contributed by atoms with Gasteiger partial charge < -0.3 is 9.05 Å². The van der Waals surface area contributed by atoms with E-state index in [0.29, 0.717) is 0 Å². The summed E-state index contributed by atoms with van der Waals surface area (Å²) in [5.74, 6) is 0. The van der Waals surface area contributed by atoms with Gasteiger partial charge in [-0.25, -0.2) is 0 Å². The molecule has 1 unspecified atom stereocenters. The van der Waals surface area contributed by atoms with Crippen molar-refractivity contribution in [2.75, 3.05) is 14.2 Å². The Balaban J connectivity index is 2.44. The zero-order valence-electron chi connectivity index (χ0n) is 12.6. The lowest BCUT2D eigenvalue weighted by atomic mass is 10.0. The lowest BCUT2D eigenvalue weighted by Gasteiger charge is -2.26. The minimum absolute atomic E-state index is 0.163. The molecule has 0 aliphatic carbocycles. The van der Waals surface area contributed by atoms with Crippen LogP contribution in [0.2, 0.25) is 0 Å². The first-order valence-corrected chi connectivity index (χ1v) is 8.36. The molecular formula is C16H16F3O3P. The van der Waals surface area contributed by atoms with E-state index in [9.17, 15) is 17.7 Å². The fraction of sp³-hybridized carbons (Fsp3) is 0.250. The summed E-state index contributed by atoms with van der Waals surface area (Å²) in [5.41, 5.74) is -0.844. The van der Waals surface area contributed by atoms with E-state index in [1.807, 2.05) is 30.3 Å². The van der Waals surface area contributed by atoms with Crippen molar-refractivity contribution in [2.24, 2.45) is 0 Å². The third-order valence-corrected chi connectivity index (χ3v) is 5.71. The second-order valence-corrected chi connectivity index (χ2v) is 7.16. The molecule has 0 saturated carbocycles. The van der Waals surface area contributed by atoms with E-state index >= 15 is 0 Å². The molecule has 0 heterocycles. The Morgan fingerprint density at radius 3 is 1.78 bits per heavy atom. The monoisotopic (exact) mass is 344 g/mol. The van der Waals surface area contributed by atoms with Gasteiger partial charge in [0.1, 0.15) is 0 Å². The zero-order chi connectivity index (χ0) is 17.1. The van der Waals surface area contributed by atoms with Crippen molar-refractivity contribution in [2.45, 2.75) is 11.8 Å². The molecule has 0 amide bonds. The standard InChI is InChI=1S/C16H16F3O3P/c1-21-23(20,22-2)15(16(17,18)19)14-10-8-13(9-11-14)12-6-4-3-5-7-12/h3-11,15H,1-2H3. The first-order chi connectivity index (χ1) is 10.8. The molecule has 2 aromatic carbocycles. The van der Waals surface area contributed by atoms with Crippen molar-refractivity contribution in [1.82, 2.24) is 0 Å². The summed E-state index contributed by atoms with van der Waals surface area (Å²) in [6.07, 6.45) is -4.75. The fourth-order valence-electron chi connectivity index (χ4n) is 2.32. The summed E-state index contributed by atoms with van der Waals surface area (Å²) in [5, 5.41) is 0. The van der Waals surface area contributed by atoms with Crippen LogP contribution < -0.4 is 0 Å². The highest BCUT2D eigenvalue weighted by molar-refractivity contribution is 7.54. The predicted octanol–water partition coefficient (Wildman–Crippen LogP) is 5.44. The van der Waals surface area contributed by atoms with Crippen molar-refractivity contribution in [1.29, 1.82) is 0 Å². The van der Waals surface area contributed by atoms with Crippen LogP contribution in [0.3, 0.4) is 0 Å². The molecule has 0 aromatic heterocycles. The van der Waals surface area contributed by atoms with Gasteiger partial charge in [0, 0.05) is 14.2 Å². The molecule has 7 heteroatoms. The first-order valence-electron chi connectivity index (χ1n) is 6.75. The third-order valence-electron chi connectivity index (χ3n) is 3.47. The highest BCUT2D eigenvalue weighted by Crippen LogP contribution is 2.65. The maximum absolute atomic E-state index is 13.4. The maximum Gasteiger partial charge on any atom is 0.407 e. The molecule has 2 aromatic rings. The van der Waals surface area contributed by atoms with Gasteiger partial charge in [0.2, 0.25) is 0 Å². The van der Waals surface area contributed by atoms with Gasteiger partial charge in [-0.05, 0) is 16.7 Å². The van der Waals surface area contributed by atoms with Gasteiger partial charge in [-0.3, -0.25) is 4.57 Å². The van der Waals surface area contributed by atoms with Crippen molar-refractivity contribution < 1.29 is 26.8 Å². The molecule has 0 aliphatic heterocycles.